The topological polar surface area (TPSA) is 50.8 Å². The molecule has 1 heterocycles. The Balaban J connectivity index is 2.03. The number of morpholine rings is 1. The number of rotatable bonds is 2. The van der Waals surface area contributed by atoms with Gasteiger partial charge in [0.1, 0.15) is 5.60 Å². The molecule has 0 spiro atoms. The molecule has 6 heteroatoms. The third-order valence-corrected chi connectivity index (χ3v) is 3.25. The maximum Gasteiger partial charge on any atom is 0.412 e. The number of halogens is 1. The zero-order valence-electron chi connectivity index (χ0n) is 12.6. The Hall–Kier alpha value is -1.46. The zero-order chi connectivity index (χ0) is 15.5. The van der Waals surface area contributed by atoms with Gasteiger partial charge in [-0.15, -0.1) is 0 Å². The lowest BCUT2D eigenvalue weighted by molar-refractivity contribution is 0.0636. The van der Waals surface area contributed by atoms with Crippen molar-refractivity contribution < 1.29 is 14.3 Å². The number of hydrogen-bond donors (Lipinski definition) is 1. The van der Waals surface area contributed by atoms with Gasteiger partial charge in [0.15, 0.2) is 0 Å². The summed E-state index contributed by atoms with van der Waals surface area (Å²) in [5, 5.41) is 3.28. The number of amides is 1. The molecule has 0 bridgehead atoms. The number of nitrogens with zero attached hydrogens (tertiary/aromatic N) is 1. The number of hydrogen-bond acceptors (Lipinski definition) is 4. The van der Waals surface area contributed by atoms with Crippen molar-refractivity contribution in [3.8, 4) is 0 Å². The largest absolute Gasteiger partial charge is 0.444 e. The minimum Gasteiger partial charge on any atom is -0.444 e. The summed E-state index contributed by atoms with van der Waals surface area (Å²) < 4.78 is 10.5. The predicted octanol–water partition coefficient (Wildman–Crippen LogP) is 3.52. The van der Waals surface area contributed by atoms with Crippen LogP contribution >= 0.6 is 11.6 Å². The zero-order valence-corrected chi connectivity index (χ0v) is 13.4. The van der Waals surface area contributed by atoms with E-state index in [4.69, 9.17) is 21.1 Å². The van der Waals surface area contributed by atoms with Crippen molar-refractivity contribution >= 4 is 29.1 Å². The average molecular weight is 313 g/mol. The number of carbonyl (C=O) groups excluding carboxylic acids is 1. The normalized spacial score (nSPS) is 15.7. The van der Waals surface area contributed by atoms with Crippen LogP contribution in [0.1, 0.15) is 20.8 Å². The van der Waals surface area contributed by atoms with Crippen molar-refractivity contribution in [2.24, 2.45) is 0 Å². The minimum absolute atomic E-state index is 0.488. The molecule has 2 rings (SSSR count). The molecule has 0 aliphatic carbocycles. The van der Waals surface area contributed by atoms with Crippen LogP contribution in [0.25, 0.3) is 0 Å². The highest BCUT2D eigenvalue weighted by molar-refractivity contribution is 6.33. The molecule has 0 atom stereocenters. The minimum atomic E-state index is -0.526. The van der Waals surface area contributed by atoms with Crippen LogP contribution in [-0.4, -0.2) is 38.0 Å². The molecular weight excluding hydrogens is 292 g/mol. The molecule has 5 nitrogen and oxygen atoms in total. The SMILES string of the molecule is CC(C)(C)OC(=O)Nc1ccc(N2CCOCC2)c(Cl)c1. The van der Waals surface area contributed by atoms with E-state index in [1.165, 1.54) is 0 Å². The van der Waals surface area contributed by atoms with Crippen LogP contribution in [0.3, 0.4) is 0 Å². The first-order chi connectivity index (χ1) is 9.85. The molecule has 116 valence electrons. The van der Waals surface area contributed by atoms with Gasteiger partial charge in [0.2, 0.25) is 0 Å². The van der Waals surface area contributed by atoms with Gasteiger partial charge in [-0.25, -0.2) is 4.79 Å². The first-order valence-corrected chi connectivity index (χ1v) is 7.35. The lowest BCUT2D eigenvalue weighted by Gasteiger charge is -2.29. The quantitative estimate of drug-likeness (QED) is 0.907. The second kappa shape index (κ2) is 6.54. The lowest BCUT2D eigenvalue weighted by Crippen LogP contribution is -2.36. The maximum atomic E-state index is 11.7. The first-order valence-electron chi connectivity index (χ1n) is 6.97. The fourth-order valence-corrected chi connectivity index (χ4v) is 2.37. The summed E-state index contributed by atoms with van der Waals surface area (Å²) in [5.41, 5.74) is 1.04. The number of carbonyl (C=O) groups is 1. The van der Waals surface area contributed by atoms with E-state index in [0.29, 0.717) is 23.9 Å². The lowest BCUT2D eigenvalue weighted by atomic mass is 10.2. The Kier molecular flexibility index (Phi) is 4.96. The Morgan fingerprint density at radius 2 is 2.00 bits per heavy atom. The second-order valence-corrected chi connectivity index (χ2v) is 6.30. The molecule has 0 saturated carbocycles. The van der Waals surface area contributed by atoms with Gasteiger partial charge in [0, 0.05) is 18.8 Å². The molecule has 1 amide bonds. The third kappa shape index (κ3) is 4.79. The van der Waals surface area contributed by atoms with Crippen LogP contribution in [0.15, 0.2) is 18.2 Å². The molecule has 1 aliphatic rings. The monoisotopic (exact) mass is 312 g/mol. The Morgan fingerprint density at radius 1 is 1.33 bits per heavy atom. The Morgan fingerprint density at radius 3 is 2.57 bits per heavy atom. The van der Waals surface area contributed by atoms with Crippen molar-refractivity contribution in [1.82, 2.24) is 0 Å². The van der Waals surface area contributed by atoms with E-state index in [0.717, 1.165) is 18.8 Å². The van der Waals surface area contributed by atoms with E-state index in [9.17, 15) is 4.79 Å². The average Bonchev–Trinajstić information content (AvgIpc) is 2.37. The summed E-state index contributed by atoms with van der Waals surface area (Å²) >= 11 is 6.30. The van der Waals surface area contributed by atoms with Gasteiger partial charge in [-0.1, -0.05) is 11.6 Å². The van der Waals surface area contributed by atoms with Crippen molar-refractivity contribution in [3.05, 3.63) is 23.2 Å². The maximum absolute atomic E-state index is 11.7. The van der Waals surface area contributed by atoms with Crippen LogP contribution < -0.4 is 10.2 Å². The van der Waals surface area contributed by atoms with Crippen molar-refractivity contribution in [2.75, 3.05) is 36.5 Å². The summed E-state index contributed by atoms with van der Waals surface area (Å²) in [6.45, 7) is 8.50. The van der Waals surface area contributed by atoms with Gasteiger partial charge in [0.05, 0.1) is 23.9 Å². The fourth-order valence-electron chi connectivity index (χ4n) is 2.07. The smallest absolute Gasteiger partial charge is 0.412 e. The van der Waals surface area contributed by atoms with Gasteiger partial charge in [-0.3, -0.25) is 5.32 Å². The number of ether oxygens (including phenoxy) is 2. The highest BCUT2D eigenvalue weighted by atomic mass is 35.5. The molecule has 1 aromatic carbocycles. The van der Waals surface area contributed by atoms with Gasteiger partial charge in [-0.2, -0.15) is 0 Å². The standard InChI is InChI=1S/C15H21ClN2O3/c1-15(2,3)21-14(19)17-11-4-5-13(12(16)10-11)18-6-8-20-9-7-18/h4-5,10H,6-9H2,1-3H3,(H,17,19). The molecule has 1 fully saturated rings. The van der Waals surface area contributed by atoms with Crippen LogP contribution in [0, 0.1) is 0 Å². The Labute approximate surface area is 130 Å². The van der Waals surface area contributed by atoms with Gasteiger partial charge >= 0.3 is 6.09 Å². The highest BCUT2D eigenvalue weighted by Gasteiger charge is 2.18. The predicted molar refractivity (Wildman–Crippen MR) is 84.3 cm³/mol. The van der Waals surface area contributed by atoms with E-state index in [1.807, 2.05) is 32.9 Å². The summed E-state index contributed by atoms with van der Waals surface area (Å²) in [5.74, 6) is 0. The molecular formula is C15H21ClN2O3. The third-order valence-electron chi connectivity index (χ3n) is 2.94. The van der Waals surface area contributed by atoms with Gasteiger partial charge in [-0.05, 0) is 39.0 Å². The summed E-state index contributed by atoms with van der Waals surface area (Å²) in [7, 11) is 0. The molecule has 21 heavy (non-hydrogen) atoms. The first kappa shape index (κ1) is 15.9. The molecule has 0 unspecified atom stereocenters. The summed E-state index contributed by atoms with van der Waals surface area (Å²) in [6.07, 6.45) is -0.488. The van der Waals surface area contributed by atoms with E-state index in [-0.39, 0.29) is 0 Å². The van der Waals surface area contributed by atoms with Crippen molar-refractivity contribution in [3.63, 3.8) is 0 Å². The number of anilines is 2. The van der Waals surface area contributed by atoms with E-state index in [1.54, 1.807) is 6.07 Å². The Bertz CT molecular complexity index is 508. The molecule has 0 aromatic heterocycles. The van der Waals surface area contributed by atoms with Crippen LogP contribution in [0.4, 0.5) is 16.2 Å². The van der Waals surface area contributed by atoms with E-state index in [2.05, 4.69) is 10.2 Å². The van der Waals surface area contributed by atoms with Crippen molar-refractivity contribution in [2.45, 2.75) is 26.4 Å². The molecule has 1 aromatic rings. The summed E-state index contributed by atoms with van der Waals surface area (Å²) in [6, 6.07) is 5.46. The van der Waals surface area contributed by atoms with Crippen LogP contribution in [0.5, 0.6) is 0 Å². The molecule has 1 saturated heterocycles. The molecule has 0 radical (unpaired) electrons. The van der Waals surface area contributed by atoms with Crippen LogP contribution in [0.2, 0.25) is 5.02 Å². The van der Waals surface area contributed by atoms with Gasteiger partial charge < -0.3 is 14.4 Å². The van der Waals surface area contributed by atoms with E-state index >= 15 is 0 Å². The van der Waals surface area contributed by atoms with Gasteiger partial charge in [0.25, 0.3) is 0 Å². The van der Waals surface area contributed by atoms with Crippen molar-refractivity contribution in [1.29, 1.82) is 0 Å². The fraction of sp³-hybridized carbons (Fsp3) is 0.533. The number of nitrogens with one attached hydrogen (secondary N) is 1. The highest BCUT2D eigenvalue weighted by Crippen LogP contribution is 2.29. The summed E-state index contributed by atoms with van der Waals surface area (Å²) in [4.78, 5) is 13.9. The molecule has 1 aliphatic heterocycles. The molecule has 1 N–H and O–H groups in total. The number of benzene rings is 1. The van der Waals surface area contributed by atoms with Crippen LogP contribution in [-0.2, 0) is 9.47 Å². The second-order valence-electron chi connectivity index (χ2n) is 5.89. The van der Waals surface area contributed by atoms with E-state index < -0.39 is 11.7 Å².